The van der Waals surface area contributed by atoms with Crippen LogP contribution in [0.3, 0.4) is 0 Å². The summed E-state index contributed by atoms with van der Waals surface area (Å²) in [4.78, 5) is 36.2. The van der Waals surface area contributed by atoms with Crippen LogP contribution in [0.15, 0.2) is 53.4 Å². The SMILES string of the molecule is CCOC(=O)c1ccc(S(=O)(=O)N2CCC(C(=O)Nc3cccc(C(=O)OC)c3)CC2)cc1. The Labute approximate surface area is 192 Å². The number of hydrogen-bond acceptors (Lipinski definition) is 7. The second-order valence-electron chi connectivity index (χ2n) is 7.48. The molecule has 10 heteroatoms. The number of sulfonamides is 1. The molecule has 1 heterocycles. The van der Waals surface area contributed by atoms with Crippen molar-refractivity contribution in [2.24, 2.45) is 5.92 Å². The summed E-state index contributed by atoms with van der Waals surface area (Å²) in [5.74, 6) is -1.59. The zero-order valence-electron chi connectivity index (χ0n) is 18.4. The van der Waals surface area contributed by atoms with Gasteiger partial charge in [-0.05, 0) is 62.2 Å². The van der Waals surface area contributed by atoms with E-state index in [1.165, 1.54) is 41.7 Å². The maximum atomic E-state index is 13.0. The molecule has 0 saturated carbocycles. The van der Waals surface area contributed by atoms with Gasteiger partial charge in [0.15, 0.2) is 0 Å². The van der Waals surface area contributed by atoms with Gasteiger partial charge in [0.25, 0.3) is 0 Å². The molecule has 2 aromatic rings. The molecule has 0 aromatic heterocycles. The molecule has 0 unspecified atom stereocenters. The van der Waals surface area contributed by atoms with Crippen molar-refractivity contribution in [2.45, 2.75) is 24.7 Å². The molecule has 1 N–H and O–H groups in total. The van der Waals surface area contributed by atoms with E-state index in [1.807, 2.05) is 0 Å². The van der Waals surface area contributed by atoms with Gasteiger partial charge in [-0.25, -0.2) is 18.0 Å². The average molecular weight is 475 g/mol. The largest absolute Gasteiger partial charge is 0.465 e. The monoisotopic (exact) mass is 474 g/mol. The van der Waals surface area contributed by atoms with Gasteiger partial charge < -0.3 is 14.8 Å². The number of esters is 2. The molecular formula is C23H26N2O7S. The fraction of sp³-hybridized carbons (Fsp3) is 0.348. The highest BCUT2D eigenvalue weighted by Gasteiger charge is 2.32. The third-order valence-electron chi connectivity index (χ3n) is 5.38. The number of benzene rings is 2. The molecule has 1 saturated heterocycles. The van der Waals surface area contributed by atoms with E-state index in [-0.39, 0.29) is 42.0 Å². The molecule has 0 radical (unpaired) electrons. The molecule has 0 bridgehead atoms. The van der Waals surface area contributed by atoms with Crippen molar-refractivity contribution in [2.75, 3.05) is 32.1 Å². The Morgan fingerprint density at radius 2 is 1.67 bits per heavy atom. The zero-order chi connectivity index (χ0) is 24.0. The van der Waals surface area contributed by atoms with Crippen molar-refractivity contribution in [3.8, 4) is 0 Å². The van der Waals surface area contributed by atoms with Gasteiger partial charge in [0.2, 0.25) is 15.9 Å². The Kier molecular flexibility index (Phi) is 7.83. The van der Waals surface area contributed by atoms with Crippen LogP contribution in [-0.2, 0) is 24.3 Å². The van der Waals surface area contributed by atoms with E-state index >= 15 is 0 Å². The quantitative estimate of drug-likeness (QED) is 0.613. The second kappa shape index (κ2) is 10.6. The zero-order valence-corrected chi connectivity index (χ0v) is 19.3. The van der Waals surface area contributed by atoms with Crippen molar-refractivity contribution >= 4 is 33.6 Å². The molecule has 0 aliphatic carbocycles. The summed E-state index contributed by atoms with van der Waals surface area (Å²) in [6.45, 7) is 2.32. The maximum Gasteiger partial charge on any atom is 0.338 e. The Morgan fingerprint density at radius 3 is 2.27 bits per heavy atom. The highest BCUT2D eigenvalue weighted by Crippen LogP contribution is 2.25. The number of piperidine rings is 1. The molecule has 33 heavy (non-hydrogen) atoms. The van der Waals surface area contributed by atoms with Crippen LogP contribution in [0, 0.1) is 5.92 Å². The fourth-order valence-corrected chi connectivity index (χ4v) is 5.04. The number of nitrogens with zero attached hydrogens (tertiary/aromatic N) is 1. The van der Waals surface area contributed by atoms with Crippen LogP contribution in [0.25, 0.3) is 0 Å². The van der Waals surface area contributed by atoms with Gasteiger partial charge >= 0.3 is 11.9 Å². The van der Waals surface area contributed by atoms with Crippen LogP contribution in [0.4, 0.5) is 5.69 Å². The fourth-order valence-electron chi connectivity index (χ4n) is 3.57. The topological polar surface area (TPSA) is 119 Å². The molecule has 1 aliphatic rings. The summed E-state index contributed by atoms with van der Waals surface area (Å²) in [5.41, 5.74) is 1.08. The number of rotatable bonds is 7. The predicted octanol–water partition coefficient (Wildman–Crippen LogP) is 2.69. The number of carbonyl (C=O) groups is 3. The van der Waals surface area contributed by atoms with Crippen LogP contribution in [0.2, 0.25) is 0 Å². The van der Waals surface area contributed by atoms with Crippen molar-refractivity contribution in [1.82, 2.24) is 4.31 Å². The predicted molar refractivity (Wildman–Crippen MR) is 120 cm³/mol. The summed E-state index contributed by atoms with van der Waals surface area (Å²) < 4.78 is 36.9. The highest BCUT2D eigenvalue weighted by molar-refractivity contribution is 7.89. The molecule has 176 valence electrons. The van der Waals surface area contributed by atoms with Crippen molar-refractivity contribution in [3.63, 3.8) is 0 Å². The van der Waals surface area contributed by atoms with Gasteiger partial charge in [-0.2, -0.15) is 4.31 Å². The molecule has 0 atom stereocenters. The van der Waals surface area contributed by atoms with E-state index in [1.54, 1.807) is 25.1 Å². The molecule has 1 aliphatic heterocycles. The van der Waals surface area contributed by atoms with E-state index in [0.29, 0.717) is 24.1 Å². The van der Waals surface area contributed by atoms with Gasteiger partial charge in [-0.1, -0.05) is 6.07 Å². The minimum atomic E-state index is -3.74. The van der Waals surface area contributed by atoms with Gasteiger partial charge in [0.1, 0.15) is 0 Å². The highest BCUT2D eigenvalue weighted by atomic mass is 32.2. The first-order valence-corrected chi connectivity index (χ1v) is 12.0. The van der Waals surface area contributed by atoms with E-state index in [2.05, 4.69) is 10.1 Å². The second-order valence-corrected chi connectivity index (χ2v) is 9.42. The smallest absolute Gasteiger partial charge is 0.338 e. The lowest BCUT2D eigenvalue weighted by atomic mass is 9.97. The number of methoxy groups -OCH3 is 1. The molecule has 1 amide bonds. The summed E-state index contributed by atoms with van der Waals surface area (Å²) in [6.07, 6.45) is 0.728. The van der Waals surface area contributed by atoms with Crippen LogP contribution < -0.4 is 5.32 Å². The van der Waals surface area contributed by atoms with Crippen molar-refractivity contribution in [3.05, 3.63) is 59.7 Å². The number of carbonyl (C=O) groups excluding carboxylic acids is 3. The lowest BCUT2D eigenvalue weighted by molar-refractivity contribution is -0.120. The van der Waals surface area contributed by atoms with Crippen LogP contribution >= 0.6 is 0 Å². The summed E-state index contributed by atoms with van der Waals surface area (Å²) in [6, 6.07) is 12.0. The van der Waals surface area contributed by atoms with E-state index in [9.17, 15) is 22.8 Å². The third kappa shape index (κ3) is 5.77. The van der Waals surface area contributed by atoms with Gasteiger partial charge in [-0.3, -0.25) is 4.79 Å². The number of anilines is 1. The van der Waals surface area contributed by atoms with Gasteiger partial charge in [0, 0.05) is 24.7 Å². The molecule has 9 nitrogen and oxygen atoms in total. The summed E-state index contributed by atoms with van der Waals surface area (Å²) >= 11 is 0. The van der Waals surface area contributed by atoms with E-state index in [0.717, 1.165) is 0 Å². The Morgan fingerprint density at radius 1 is 1.00 bits per heavy atom. The normalized spacial score (nSPS) is 15.0. The molecular weight excluding hydrogens is 448 g/mol. The number of amides is 1. The number of ether oxygens (including phenoxy) is 2. The summed E-state index contributed by atoms with van der Waals surface area (Å²) in [5, 5.41) is 2.78. The first kappa shape index (κ1) is 24.4. The minimum absolute atomic E-state index is 0.0816. The Balaban J connectivity index is 1.60. The minimum Gasteiger partial charge on any atom is -0.465 e. The Bertz CT molecular complexity index is 1120. The first-order valence-electron chi connectivity index (χ1n) is 10.5. The molecule has 1 fully saturated rings. The standard InChI is InChI=1S/C23H26N2O7S/c1-3-32-23(28)17-7-9-20(10-8-17)33(29,30)25-13-11-16(12-14-25)21(26)24-19-6-4-5-18(15-19)22(27)31-2/h4-10,15-16H,3,11-14H2,1-2H3,(H,24,26). The summed E-state index contributed by atoms with van der Waals surface area (Å²) in [7, 11) is -2.46. The van der Waals surface area contributed by atoms with Gasteiger partial charge in [-0.15, -0.1) is 0 Å². The third-order valence-corrected chi connectivity index (χ3v) is 7.29. The van der Waals surface area contributed by atoms with Crippen LogP contribution in [0.5, 0.6) is 0 Å². The van der Waals surface area contributed by atoms with Crippen LogP contribution in [0.1, 0.15) is 40.5 Å². The lowest BCUT2D eigenvalue weighted by Gasteiger charge is -2.30. The number of nitrogens with one attached hydrogen (secondary N) is 1. The van der Waals surface area contributed by atoms with Crippen molar-refractivity contribution in [1.29, 1.82) is 0 Å². The van der Waals surface area contributed by atoms with Crippen molar-refractivity contribution < 1.29 is 32.3 Å². The molecule has 0 spiro atoms. The molecule has 3 rings (SSSR count). The average Bonchev–Trinajstić information content (AvgIpc) is 2.84. The molecule has 2 aromatic carbocycles. The maximum absolute atomic E-state index is 13.0. The lowest BCUT2D eigenvalue weighted by Crippen LogP contribution is -2.41. The Hall–Kier alpha value is -3.24. The van der Waals surface area contributed by atoms with E-state index < -0.39 is 22.0 Å². The number of hydrogen-bond donors (Lipinski definition) is 1. The first-order chi connectivity index (χ1) is 15.8. The van der Waals surface area contributed by atoms with Crippen LogP contribution in [-0.4, -0.2) is 57.4 Å². The van der Waals surface area contributed by atoms with Gasteiger partial charge in [0.05, 0.1) is 29.7 Å². The van der Waals surface area contributed by atoms with E-state index in [4.69, 9.17) is 4.74 Å².